The monoisotopic (exact) mass is 271 g/mol. The number of hydroxylamine groups is 3. The average Bonchev–Trinajstić information content (AvgIpc) is 2.34. The highest BCUT2D eigenvalue weighted by molar-refractivity contribution is 4.49. The van der Waals surface area contributed by atoms with Crippen LogP contribution in [0, 0.1) is 5.21 Å². The summed E-state index contributed by atoms with van der Waals surface area (Å²) < 4.78 is -0.127. The van der Waals surface area contributed by atoms with Crippen molar-refractivity contribution in [2.45, 2.75) is 90.4 Å². The summed E-state index contributed by atoms with van der Waals surface area (Å²) in [6.07, 6.45) is 17.8. The Morgan fingerprint density at radius 2 is 0.895 bits per heavy atom. The number of hydrogen-bond donors (Lipinski definition) is 0. The molecule has 0 N–H and O–H groups in total. The number of rotatable bonds is 14. The van der Waals surface area contributed by atoms with Crippen molar-refractivity contribution in [3.05, 3.63) is 5.21 Å². The molecule has 0 fully saturated rings. The lowest BCUT2D eigenvalue weighted by atomic mass is 10.0. The lowest BCUT2D eigenvalue weighted by Crippen LogP contribution is -2.32. The van der Waals surface area contributed by atoms with Gasteiger partial charge in [-0.3, -0.25) is 0 Å². The molecule has 19 heavy (non-hydrogen) atoms. The van der Waals surface area contributed by atoms with Gasteiger partial charge in [0.1, 0.15) is 0 Å². The summed E-state index contributed by atoms with van der Waals surface area (Å²) in [6.45, 7) is 3.05. The first-order valence-electron chi connectivity index (χ1n) is 8.60. The smallest absolute Gasteiger partial charge is 0.0779 e. The van der Waals surface area contributed by atoms with Crippen molar-refractivity contribution in [3.8, 4) is 0 Å². The van der Waals surface area contributed by atoms with E-state index in [0.29, 0.717) is 0 Å². The molecule has 0 spiro atoms. The van der Waals surface area contributed by atoms with Gasteiger partial charge in [0.05, 0.1) is 20.6 Å². The molecule has 2 nitrogen and oxygen atoms in total. The van der Waals surface area contributed by atoms with Crippen LogP contribution in [0.2, 0.25) is 0 Å². The molecule has 0 aliphatic heterocycles. The van der Waals surface area contributed by atoms with Crippen LogP contribution in [0.25, 0.3) is 0 Å². The molecule has 0 unspecified atom stereocenters. The topological polar surface area (TPSA) is 23.1 Å². The normalized spacial score (nSPS) is 12.0. The molecule has 0 aromatic rings. The van der Waals surface area contributed by atoms with Gasteiger partial charge in [-0.05, 0) is 12.8 Å². The summed E-state index contributed by atoms with van der Waals surface area (Å²) in [6, 6.07) is 0. The maximum atomic E-state index is 11.3. The average molecular weight is 271 g/mol. The van der Waals surface area contributed by atoms with Crippen molar-refractivity contribution >= 4 is 0 Å². The van der Waals surface area contributed by atoms with E-state index < -0.39 is 0 Å². The molecular formula is C17H37NO. The Morgan fingerprint density at radius 3 is 1.21 bits per heavy atom. The van der Waals surface area contributed by atoms with E-state index >= 15 is 0 Å². The second-order valence-corrected chi connectivity index (χ2v) is 6.54. The molecule has 0 aromatic heterocycles. The van der Waals surface area contributed by atoms with E-state index in [1.54, 1.807) is 14.1 Å². The van der Waals surface area contributed by atoms with Gasteiger partial charge in [0.2, 0.25) is 0 Å². The Morgan fingerprint density at radius 1 is 0.579 bits per heavy atom. The minimum absolute atomic E-state index is 0.127. The van der Waals surface area contributed by atoms with E-state index in [0.717, 1.165) is 13.0 Å². The Kier molecular flexibility index (Phi) is 12.9. The van der Waals surface area contributed by atoms with Gasteiger partial charge in [-0.2, -0.15) is 0 Å². The van der Waals surface area contributed by atoms with Gasteiger partial charge < -0.3 is 9.85 Å². The van der Waals surface area contributed by atoms with Crippen LogP contribution in [0.3, 0.4) is 0 Å². The molecule has 0 amide bonds. The highest BCUT2D eigenvalue weighted by Crippen LogP contribution is 2.12. The van der Waals surface area contributed by atoms with E-state index in [1.807, 2.05) is 0 Å². The molecular weight excluding hydrogens is 234 g/mol. The molecule has 0 aliphatic rings. The maximum absolute atomic E-state index is 11.3. The molecule has 0 aromatic carbocycles. The quantitative estimate of drug-likeness (QED) is 0.227. The molecule has 0 atom stereocenters. The maximum Gasteiger partial charge on any atom is 0.0779 e. The van der Waals surface area contributed by atoms with Gasteiger partial charge in [0.15, 0.2) is 0 Å². The van der Waals surface area contributed by atoms with Crippen molar-refractivity contribution in [3.63, 3.8) is 0 Å². The first kappa shape index (κ1) is 18.9. The third-order valence-electron chi connectivity index (χ3n) is 3.80. The third-order valence-corrected chi connectivity index (χ3v) is 3.80. The minimum Gasteiger partial charge on any atom is -0.633 e. The fourth-order valence-electron chi connectivity index (χ4n) is 2.51. The first-order chi connectivity index (χ1) is 9.06. The Labute approximate surface area is 121 Å². The van der Waals surface area contributed by atoms with Crippen LogP contribution in [0.5, 0.6) is 0 Å². The number of hydrogen-bond acceptors (Lipinski definition) is 1. The standard InChI is InChI=1S/C17H37NO/c1-4-5-6-7-8-9-10-11-12-13-14-15-16-17-18(2,3)19/h4-17H2,1-3H3. The molecule has 116 valence electrons. The predicted octanol–water partition coefficient (Wildman–Crippen LogP) is 5.65. The molecule has 0 heterocycles. The molecule has 2 heteroatoms. The highest BCUT2D eigenvalue weighted by atomic mass is 16.5. The fourth-order valence-corrected chi connectivity index (χ4v) is 2.51. The largest absolute Gasteiger partial charge is 0.633 e. The molecule has 0 aliphatic carbocycles. The zero-order chi connectivity index (χ0) is 14.4. The Balaban J connectivity index is 2.99. The van der Waals surface area contributed by atoms with Crippen molar-refractivity contribution in [2.24, 2.45) is 0 Å². The second-order valence-electron chi connectivity index (χ2n) is 6.54. The Hall–Kier alpha value is -0.0800. The zero-order valence-corrected chi connectivity index (χ0v) is 13.8. The first-order valence-corrected chi connectivity index (χ1v) is 8.60. The molecule has 0 rings (SSSR count). The van der Waals surface area contributed by atoms with E-state index in [4.69, 9.17) is 0 Å². The van der Waals surface area contributed by atoms with Gasteiger partial charge in [-0.25, -0.2) is 0 Å². The van der Waals surface area contributed by atoms with Crippen molar-refractivity contribution in [2.75, 3.05) is 20.6 Å². The van der Waals surface area contributed by atoms with Gasteiger partial charge in [0.25, 0.3) is 0 Å². The van der Waals surface area contributed by atoms with Crippen molar-refractivity contribution < 1.29 is 4.65 Å². The zero-order valence-electron chi connectivity index (χ0n) is 13.8. The summed E-state index contributed by atoms with van der Waals surface area (Å²) in [5, 5.41) is 11.3. The number of nitrogens with zero attached hydrogens (tertiary/aromatic N) is 1. The summed E-state index contributed by atoms with van der Waals surface area (Å²) in [5.41, 5.74) is 0. The highest BCUT2D eigenvalue weighted by Gasteiger charge is 2.00. The van der Waals surface area contributed by atoms with Gasteiger partial charge in [-0.15, -0.1) is 0 Å². The lowest BCUT2D eigenvalue weighted by molar-refractivity contribution is -0.840. The van der Waals surface area contributed by atoms with Crippen LogP contribution in [-0.4, -0.2) is 25.3 Å². The van der Waals surface area contributed by atoms with E-state index in [1.165, 1.54) is 77.0 Å². The van der Waals surface area contributed by atoms with Crippen LogP contribution in [0.4, 0.5) is 0 Å². The minimum atomic E-state index is -0.127. The van der Waals surface area contributed by atoms with Gasteiger partial charge >= 0.3 is 0 Å². The summed E-state index contributed by atoms with van der Waals surface area (Å²) in [7, 11) is 3.47. The van der Waals surface area contributed by atoms with Gasteiger partial charge in [0, 0.05) is 0 Å². The Bertz CT molecular complexity index is 175. The number of quaternary nitrogens is 1. The van der Waals surface area contributed by atoms with Crippen LogP contribution in [0.15, 0.2) is 0 Å². The lowest BCUT2D eigenvalue weighted by Gasteiger charge is -2.33. The van der Waals surface area contributed by atoms with E-state index in [-0.39, 0.29) is 4.65 Å². The van der Waals surface area contributed by atoms with Crippen molar-refractivity contribution in [1.82, 2.24) is 0 Å². The predicted molar refractivity (Wildman–Crippen MR) is 86.0 cm³/mol. The summed E-state index contributed by atoms with van der Waals surface area (Å²) in [5.74, 6) is 0. The van der Waals surface area contributed by atoms with E-state index in [2.05, 4.69) is 6.92 Å². The van der Waals surface area contributed by atoms with Gasteiger partial charge in [-0.1, -0.05) is 77.6 Å². The third kappa shape index (κ3) is 17.9. The molecule has 0 saturated heterocycles. The summed E-state index contributed by atoms with van der Waals surface area (Å²) in [4.78, 5) is 0. The molecule has 0 bridgehead atoms. The van der Waals surface area contributed by atoms with Crippen LogP contribution in [0.1, 0.15) is 90.4 Å². The van der Waals surface area contributed by atoms with Crippen LogP contribution >= 0.6 is 0 Å². The second kappa shape index (κ2) is 12.9. The fraction of sp³-hybridized carbons (Fsp3) is 1.00. The number of unbranched alkanes of at least 4 members (excludes halogenated alkanes) is 12. The van der Waals surface area contributed by atoms with Crippen LogP contribution in [-0.2, 0) is 0 Å². The van der Waals surface area contributed by atoms with Crippen molar-refractivity contribution in [1.29, 1.82) is 0 Å². The summed E-state index contributed by atoms with van der Waals surface area (Å²) >= 11 is 0. The van der Waals surface area contributed by atoms with Crippen LogP contribution < -0.4 is 0 Å². The molecule has 0 saturated carbocycles. The SMILES string of the molecule is CCCCCCCCCCCCCCC[N+](C)(C)[O-]. The van der Waals surface area contributed by atoms with E-state index in [9.17, 15) is 5.21 Å². The molecule has 0 radical (unpaired) electrons.